The Hall–Kier alpha value is -2.00. The number of nitrogens with zero attached hydrogens (tertiary/aromatic N) is 2. The first-order chi connectivity index (χ1) is 13.7. The fraction of sp³-hybridized carbons (Fsp3) is 0.600. The molecule has 9 heteroatoms. The number of carbonyl (C=O) groups excluding carboxylic acids is 2. The van der Waals surface area contributed by atoms with Crippen molar-refractivity contribution in [3.63, 3.8) is 0 Å². The van der Waals surface area contributed by atoms with Crippen molar-refractivity contribution in [3.05, 3.63) is 30.1 Å². The molecule has 1 N–H and O–H groups in total. The highest BCUT2D eigenvalue weighted by Crippen LogP contribution is 2.32. The molecule has 0 radical (unpaired) electrons. The summed E-state index contributed by atoms with van der Waals surface area (Å²) in [6, 6.07) is 5.46. The van der Waals surface area contributed by atoms with Crippen LogP contribution in [0.1, 0.15) is 46.0 Å². The maximum absolute atomic E-state index is 13.9. The Balaban J connectivity index is 1.98. The molecule has 1 saturated carbocycles. The summed E-state index contributed by atoms with van der Waals surface area (Å²) in [4.78, 5) is 27.6. The molecule has 1 aromatic rings. The lowest BCUT2D eigenvalue weighted by Gasteiger charge is -2.47. The molecule has 1 saturated heterocycles. The van der Waals surface area contributed by atoms with Crippen LogP contribution in [-0.2, 0) is 19.6 Å². The quantitative estimate of drug-likeness (QED) is 0.782. The Morgan fingerprint density at radius 2 is 1.97 bits per heavy atom. The lowest BCUT2D eigenvalue weighted by molar-refractivity contribution is -0.133. The summed E-state index contributed by atoms with van der Waals surface area (Å²) in [5.41, 5.74) is -1.24. The Morgan fingerprint density at radius 1 is 1.28 bits per heavy atom. The van der Waals surface area contributed by atoms with Gasteiger partial charge in [-0.05, 0) is 44.9 Å². The molecular weight excluding hydrogens is 397 g/mol. The predicted molar refractivity (Wildman–Crippen MR) is 108 cm³/mol. The number of carbonyl (C=O) groups is 2. The van der Waals surface area contributed by atoms with Crippen LogP contribution in [0, 0.1) is 5.82 Å². The van der Waals surface area contributed by atoms with E-state index in [2.05, 4.69) is 5.32 Å². The van der Waals surface area contributed by atoms with Gasteiger partial charge in [0, 0.05) is 18.3 Å². The minimum Gasteiger partial charge on any atom is -0.351 e. The molecular formula is C20H28FN3O4S. The van der Waals surface area contributed by atoms with Crippen LogP contribution in [0.3, 0.4) is 0 Å². The van der Waals surface area contributed by atoms with Crippen LogP contribution >= 0.6 is 0 Å². The molecule has 0 bridgehead atoms. The summed E-state index contributed by atoms with van der Waals surface area (Å²) in [6.45, 7) is 2.49. The van der Waals surface area contributed by atoms with Crippen LogP contribution in [0.25, 0.3) is 0 Å². The van der Waals surface area contributed by atoms with Gasteiger partial charge in [0.2, 0.25) is 21.8 Å². The smallest absolute Gasteiger partial charge is 0.247 e. The molecule has 1 aliphatic heterocycles. The van der Waals surface area contributed by atoms with Crippen LogP contribution < -0.4 is 10.2 Å². The molecule has 3 rings (SSSR count). The van der Waals surface area contributed by atoms with Gasteiger partial charge in [0.25, 0.3) is 0 Å². The number of nitrogens with one attached hydrogen (secondary N) is 1. The molecule has 2 fully saturated rings. The fourth-order valence-corrected chi connectivity index (χ4v) is 5.27. The average Bonchev–Trinajstić information content (AvgIpc) is 2.68. The second-order valence-corrected chi connectivity index (χ2v) is 10.2. The number of hydrogen-bond donors (Lipinski definition) is 1. The number of halogens is 1. The van der Waals surface area contributed by atoms with Gasteiger partial charge in [-0.2, -0.15) is 4.31 Å². The highest BCUT2D eigenvalue weighted by Gasteiger charge is 2.51. The van der Waals surface area contributed by atoms with Gasteiger partial charge in [0.1, 0.15) is 11.4 Å². The summed E-state index contributed by atoms with van der Waals surface area (Å²) in [5.74, 6) is -1.67. The molecule has 160 valence electrons. The summed E-state index contributed by atoms with van der Waals surface area (Å²) >= 11 is 0. The second-order valence-electron chi connectivity index (χ2n) is 7.96. The topological polar surface area (TPSA) is 86.8 Å². The van der Waals surface area contributed by atoms with Crippen LogP contribution in [0.5, 0.6) is 0 Å². The van der Waals surface area contributed by atoms with Crippen LogP contribution in [0.4, 0.5) is 10.1 Å². The summed E-state index contributed by atoms with van der Waals surface area (Å²) in [5, 5.41) is 3.01. The molecule has 1 atom stereocenters. The van der Waals surface area contributed by atoms with E-state index >= 15 is 0 Å². The molecule has 0 aromatic heterocycles. The predicted octanol–water partition coefficient (Wildman–Crippen LogP) is 2.03. The first-order valence-electron chi connectivity index (χ1n) is 10.0. The van der Waals surface area contributed by atoms with Crippen molar-refractivity contribution in [2.24, 2.45) is 0 Å². The monoisotopic (exact) mass is 425 g/mol. The van der Waals surface area contributed by atoms with Crippen molar-refractivity contribution in [3.8, 4) is 0 Å². The van der Waals surface area contributed by atoms with Gasteiger partial charge in [-0.1, -0.05) is 25.3 Å². The van der Waals surface area contributed by atoms with E-state index < -0.39 is 33.2 Å². The lowest BCUT2D eigenvalue weighted by atomic mass is 9.91. The maximum atomic E-state index is 13.9. The van der Waals surface area contributed by atoms with Crippen molar-refractivity contribution < 1.29 is 22.4 Å². The zero-order chi connectivity index (χ0) is 21.2. The molecule has 1 heterocycles. The standard InChI is InChI=1S/C20H28FN3O4S/c1-3-29(27,28)23-13-18(25)24(17-11-7-8-15(21)12-17)20(2,14-23)19(26)22-16-9-5-4-6-10-16/h7-8,11-12,16H,3-6,9-10,13-14H2,1-2H3,(H,22,26)/t20-/m0/s1. The van der Waals surface area contributed by atoms with Gasteiger partial charge < -0.3 is 5.32 Å². The second kappa shape index (κ2) is 8.39. The SMILES string of the molecule is CCS(=O)(=O)N1CC(=O)N(c2cccc(F)c2)[C@](C)(C(=O)NC2CCCCC2)C1. The summed E-state index contributed by atoms with van der Waals surface area (Å²) in [7, 11) is -3.67. The fourth-order valence-electron chi connectivity index (χ4n) is 4.15. The van der Waals surface area contributed by atoms with E-state index in [1.54, 1.807) is 13.0 Å². The van der Waals surface area contributed by atoms with Crippen LogP contribution in [-0.4, -0.2) is 55.0 Å². The molecule has 0 unspecified atom stereocenters. The third kappa shape index (κ3) is 4.45. The largest absolute Gasteiger partial charge is 0.351 e. The van der Waals surface area contributed by atoms with Crippen molar-refractivity contribution in [2.45, 2.75) is 57.5 Å². The van der Waals surface area contributed by atoms with E-state index in [1.165, 1.54) is 30.0 Å². The maximum Gasteiger partial charge on any atom is 0.247 e. The molecule has 2 aliphatic rings. The number of anilines is 1. The van der Waals surface area contributed by atoms with Crippen molar-refractivity contribution in [1.29, 1.82) is 0 Å². The molecule has 1 aromatic carbocycles. The van der Waals surface area contributed by atoms with Crippen LogP contribution in [0.15, 0.2) is 24.3 Å². The van der Waals surface area contributed by atoms with Gasteiger partial charge in [0.05, 0.1) is 12.3 Å². The Bertz CT molecular complexity index is 885. The van der Waals surface area contributed by atoms with Crippen LogP contribution in [0.2, 0.25) is 0 Å². The van der Waals surface area contributed by atoms with E-state index in [0.29, 0.717) is 0 Å². The normalized spacial score (nSPS) is 24.5. The van der Waals surface area contributed by atoms with E-state index in [1.807, 2.05) is 0 Å². The zero-order valence-corrected chi connectivity index (χ0v) is 17.7. The zero-order valence-electron chi connectivity index (χ0n) is 16.9. The number of benzene rings is 1. The Morgan fingerprint density at radius 3 is 2.59 bits per heavy atom. The van der Waals surface area contributed by atoms with Crippen molar-refractivity contribution in [1.82, 2.24) is 9.62 Å². The van der Waals surface area contributed by atoms with Gasteiger partial charge in [-0.25, -0.2) is 12.8 Å². The summed E-state index contributed by atoms with van der Waals surface area (Å²) in [6.07, 6.45) is 4.87. The molecule has 2 amide bonds. The van der Waals surface area contributed by atoms with E-state index in [0.717, 1.165) is 36.4 Å². The molecule has 0 spiro atoms. The summed E-state index contributed by atoms with van der Waals surface area (Å²) < 4.78 is 39.8. The average molecular weight is 426 g/mol. The van der Waals surface area contributed by atoms with Crippen molar-refractivity contribution in [2.75, 3.05) is 23.7 Å². The van der Waals surface area contributed by atoms with E-state index in [4.69, 9.17) is 0 Å². The van der Waals surface area contributed by atoms with E-state index in [-0.39, 0.29) is 30.6 Å². The number of sulfonamides is 1. The van der Waals surface area contributed by atoms with E-state index in [9.17, 15) is 22.4 Å². The molecule has 29 heavy (non-hydrogen) atoms. The van der Waals surface area contributed by atoms with Crippen molar-refractivity contribution >= 4 is 27.5 Å². The van der Waals surface area contributed by atoms with Gasteiger partial charge in [0.15, 0.2) is 0 Å². The minimum absolute atomic E-state index is 0.00399. The molecule has 1 aliphatic carbocycles. The Labute approximate surface area is 171 Å². The third-order valence-corrected chi connectivity index (χ3v) is 7.57. The van der Waals surface area contributed by atoms with Gasteiger partial charge in [-0.15, -0.1) is 0 Å². The number of piperazine rings is 1. The Kier molecular flexibility index (Phi) is 6.28. The number of amides is 2. The van der Waals surface area contributed by atoms with Gasteiger partial charge in [-0.3, -0.25) is 14.5 Å². The first-order valence-corrected chi connectivity index (χ1v) is 11.7. The molecule has 7 nitrogen and oxygen atoms in total. The van der Waals surface area contributed by atoms with Gasteiger partial charge >= 0.3 is 0 Å². The first kappa shape index (κ1) is 21.7. The highest BCUT2D eigenvalue weighted by atomic mass is 32.2. The lowest BCUT2D eigenvalue weighted by Crippen LogP contribution is -2.71. The number of rotatable bonds is 5. The third-order valence-electron chi connectivity index (χ3n) is 5.79. The minimum atomic E-state index is -3.67. The highest BCUT2D eigenvalue weighted by molar-refractivity contribution is 7.89. The number of hydrogen-bond acceptors (Lipinski definition) is 4.